The molecule has 2 amide bonds. The maximum absolute atomic E-state index is 12.7. The van der Waals surface area contributed by atoms with E-state index in [9.17, 15) is 9.59 Å². The van der Waals surface area contributed by atoms with Gasteiger partial charge in [0.15, 0.2) is 0 Å². The highest BCUT2D eigenvalue weighted by Gasteiger charge is 2.28. The summed E-state index contributed by atoms with van der Waals surface area (Å²) in [6, 6.07) is 7.25. The number of benzene rings is 1. The van der Waals surface area contributed by atoms with Gasteiger partial charge in [-0.05, 0) is 48.3 Å². The lowest BCUT2D eigenvalue weighted by Gasteiger charge is -2.25. The average molecular weight is 344 g/mol. The molecule has 1 saturated heterocycles. The largest absolute Gasteiger partial charge is 0.341 e. The first-order valence-corrected chi connectivity index (χ1v) is 9.38. The van der Waals surface area contributed by atoms with Crippen molar-refractivity contribution in [2.75, 3.05) is 13.1 Å². The van der Waals surface area contributed by atoms with Gasteiger partial charge in [0.05, 0.1) is 0 Å². The Hall–Kier alpha value is -1.84. The summed E-state index contributed by atoms with van der Waals surface area (Å²) >= 11 is 0. The number of amides is 2. The molecule has 0 bridgehead atoms. The molecule has 1 N–H and O–H groups in total. The Labute approximate surface area is 152 Å². The molecule has 2 rings (SSSR count). The fourth-order valence-electron chi connectivity index (χ4n) is 3.21. The lowest BCUT2D eigenvalue weighted by atomic mass is 9.86. The highest BCUT2D eigenvalue weighted by molar-refractivity contribution is 5.97. The molecule has 1 aromatic rings. The van der Waals surface area contributed by atoms with Crippen molar-refractivity contribution in [3.63, 3.8) is 0 Å². The zero-order chi connectivity index (χ0) is 18.6. The van der Waals surface area contributed by atoms with E-state index in [1.54, 1.807) is 0 Å². The summed E-state index contributed by atoms with van der Waals surface area (Å²) < 4.78 is 0. The summed E-state index contributed by atoms with van der Waals surface area (Å²) in [6.45, 7) is 12.2. The van der Waals surface area contributed by atoms with Crippen molar-refractivity contribution in [1.29, 1.82) is 0 Å². The minimum atomic E-state index is -0.437. The molecule has 1 aromatic carbocycles. The molecule has 4 heteroatoms. The van der Waals surface area contributed by atoms with Gasteiger partial charge in [0.25, 0.3) is 5.91 Å². The number of nitrogens with zero attached hydrogens (tertiary/aromatic N) is 1. The van der Waals surface area contributed by atoms with E-state index in [-0.39, 0.29) is 17.2 Å². The Morgan fingerprint density at radius 3 is 2.12 bits per heavy atom. The second-order valence-electron chi connectivity index (χ2n) is 8.52. The smallest absolute Gasteiger partial charge is 0.251 e. The first-order valence-electron chi connectivity index (χ1n) is 9.38. The topological polar surface area (TPSA) is 49.4 Å². The van der Waals surface area contributed by atoms with Crippen LogP contribution in [0, 0.1) is 5.92 Å². The SMILES string of the molecule is CC(C)C[C@H](NC(=O)c1ccc(C(C)(C)C)cc1)C(=O)N1CCCC1. The van der Waals surface area contributed by atoms with Crippen molar-refractivity contribution in [1.82, 2.24) is 10.2 Å². The van der Waals surface area contributed by atoms with Crippen LogP contribution < -0.4 is 5.32 Å². The molecule has 1 heterocycles. The van der Waals surface area contributed by atoms with Crippen LogP contribution in [0.5, 0.6) is 0 Å². The third-order valence-electron chi connectivity index (χ3n) is 4.74. The van der Waals surface area contributed by atoms with Gasteiger partial charge < -0.3 is 10.2 Å². The highest BCUT2D eigenvalue weighted by Crippen LogP contribution is 2.22. The van der Waals surface area contributed by atoms with Crippen LogP contribution in [-0.2, 0) is 10.2 Å². The predicted octanol–water partition coefficient (Wildman–Crippen LogP) is 3.75. The number of hydrogen-bond acceptors (Lipinski definition) is 2. The van der Waals surface area contributed by atoms with Crippen LogP contribution in [0.3, 0.4) is 0 Å². The third kappa shape index (κ3) is 5.32. The standard InChI is InChI=1S/C21H32N2O2/c1-15(2)14-18(20(25)23-12-6-7-13-23)22-19(24)16-8-10-17(11-9-16)21(3,4)5/h8-11,15,18H,6-7,12-14H2,1-5H3,(H,22,24)/t18-/m0/s1. The minimum absolute atomic E-state index is 0.0565. The number of carbonyl (C=O) groups excluding carboxylic acids is 2. The van der Waals surface area contributed by atoms with Crippen molar-refractivity contribution in [3.8, 4) is 0 Å². The lowest BCUT2D eigenvalue weighted by Crippen LogP contribution is -2.48. The molecule has 4 nitrogen and oxygen atoms in total. The Morgan fingerprint density at radius 1 is 1.08 bits per heavy atom. The van der Waals surface area contributed by atoms with E-state index in [1.165, 1.54) is 5.56 Å². The molecule has 0 saturated carbocycles. The van der Waals surface area contributed by atoms with Crippen LogP contribution in [0.2, 0.25) is 0 Å². The summed E-state index contributed by atoms with van der Waals surface area (Å²) in [7, 11) is 0. The maximum Gasteiger partial charge on any atom is 0.251 e. The molecular weight excluding hydrogens is 312 g/mol. The summed E-state index contributed by atoms with van der Waals surface area (Å²) in [5.74, 6) is 0.240. The van der Waals surface area contributed by atoms with Gasteiger partial charge in [-0.3, -0.25) is 9.59 Å². The van der Waals surface area contributed by atoms with E-state index in [1.807, 2.05) is 29.2 Å². The Bertz CT molecular complexity index is 593. The molecule has 1 atom stereocenters. The molecule has 1 aliphatic heterocycles. The Balaban J connectivity index is 2.09. The van der Waals surface area contributed by atoms with E-state index in [0.29, 0.717) is 17.9 Å². The summed E-state index contributed by atoms with van der Waals surface area (Å²) in [5.41, 5.74) is 1.85. The van der Waals surface area contributed by atoms with Gasteiger partial charge in [-0.25, -0.2) is 0 Å². The number of hydrogen-bond donors (Lipinski definition) is 1. The van der Waals surface area contributed by atoms with Crippen LogP contribution >= 0.6 is 0 Å². The maximum atomic E-state index is 12.7. The van der Waals surface area contributed by atoms with E-state index in [4.69, 9.17) is 0 Å². The molecule has 25 heavy (non-hydrogen) atoms. The average Bonchev–Trinajstić information content (AvgIpc) is 3.06. The van der Waals surface area contributed by atoms with E-state index >= 15 is 0 Å². The number of nitrogens with one attached hydrogen (secondary N) is 1. The molecule has 0 unspecified atom stereocenters. The fourth-order valence-corrected chi connectivity index (χ4v) is 3.21. The van der Waals surface area contributed by atoms with E-state index < -0.39 is 6.04 Å². The predicted molar refractivity (Wildman–Crippen MR) is 102 cm³/mol. The molecule has 0 radical (unpaired) electrons. The lowest BCUT2D eigenvalue weighted by molar-refractivity contribution is -0.132. The third-order valence-corrected chi connectivity index (χ3v) is 4.74. The minimum Gasteiger partial charge on any atom is -0.341 e. The summed E-state index contributed by atoms with van der Waals surface area (Å²) in [4.78, 5) is 27.3. The monoisotopic (exact) mass is 344 g/mol. The van der Waals surface area contributed by atoms with Gasteiger partial charge in [-0.2, -0.15) is 0 Å². The number of carbonyl (C=O) groups is 2. The normalized spacial score (nSPS) is 16.2. The highest BCUT2D eigenvalue weighted by atomic mass is 16.2. The molecular formula is C21H32N2O2. The second-order valence-corrected chi connectivity index (χ2v) is 8.52. The molecule has 0 aromatic heterocycles. The zero-order valence-electron chi connectivity index (χ0n) is 16.3. The number of rotatable bonds is 5. The molecule has 138 valence electrons. The zero-order valence-corrected chi connectivity index (χ0v) is 16.3. The van der Waals surface area contributed by atoms with Gasteiger partial charge in [0.1, 0.15) is 6.04 Å². The van der Waals surface area contributed by atoms with Gasteiger partial charge in [0, 0.05) is 18.7 Å². The summed E-state index contributed by atoms with van der Waals surface area (Å²) in [6.07, 6.45) is 2.78. The van der Waals surface area contributed by atoms with E-state index in [0.717, 1.165) is 25.9 Å². The van der Waals surface area contributed by atoms with E-state index in [2.05, 4.69) is 39.9 Å². The molecule has 1 fully saturated rings. The Morgan fingerprint density at radius 2 is 1.64 bits per heavy atom. The second kappa shape index (κ2) is 8.03. The Kier molecular flexibility index (Phi) is 6.26. The number of likely N-dealkylation sites (tertiary alicyclic amines) is 1. The van der Waals surface area contributed by atoms with Crippen LogP contribution in [-0.4, -0.2) is 35.8 Å². The quantitative estimate of drug-likeness (QED) is 0.884. The molecule has 1 aliphatic rings. The summed E-state index contributed by atoms with van der Waals surface area (Å²) in [5, 5.41) is 2.97. The first-order chi connectivity index (χ1) is 11.7. The van der Waals surface area contributed by atoms with Gasteiger partial charge in [-0.1, -0.05) is 46.8 Å². The van der Waals surface area contributed by atoms with Crippen molar-refractivity contribution in [3.05, 3.63) is 35.4 Å². The van der Waals surface area contributed by atoms with Crippen LogP contribution in [0.4, 0.5) is 0 Å². The van der Waals surface area contributed by atoms with Crippen molar-refractivity contribution in [2.45, 2.75) is 65.3 Å². The van der Waals surface area contributed by atoms with Gasteiger partial charge >= 0.3 is 0 Å². The fraction of sp³-hybridized carbons (Fsp3) is 0.619. The molecule has 0 spiro atoms. The van der Waals surface area contributed by atoms with Crippen LogP contribution in [0.1, 0.15) is 69.8 Å². The van der Waals surface area contributed by atoms with Crippen LogP contribution in [0.15, 0.2) is 24.3 Å². The van der Waals surface area contributed by atoms with Gasteiger partial charge in [0.2, 0.25) is 5.91 Å². The van der Waals surface area contributed by atoms with Crippen LogP contribution in [0.25, 0.3) is 0 Å². The first kappa shape index (κ1) is 19.5. The van der Waals surface area contributed by atoms with Crippen molar-refractivity contribution >= 4 is 11.8 Å². The van der Waals surface area contributed by atoms with Crippen molar-refractivity contribution in [2.24, 2.45) is 5.92 Å². The molecule has 0 aliphatic carbocycles. The van der Waals surface area contributed by atoms with Gasteiger partial charge in [-0.15, -0.1) is 0 Å². The van der Waals surface area contributed by atoms with Crippen molar-refractivity contribution < 1.29 is 9.59 Å².